The Morgan fingerprint density at radius 3 is 3.00 bits per heavy atom. The summed E-state index contributed by atoms with van der Waals surface area (Å²) in [6.45, 7) is 2.48. The number of aliphatic hydroxyl groups excluding tert-OH is 1. The molecule has 0 spiro atoms. The molecule has 1 heterocycles. The van der Waals surface area contributed by atoms with Gasteiger partial charge in [0.1, 0.15) is 5.69 Å². The highest BCUT2D eigenvalue weighted by Crippen LogP contribution is 2.11. The van der Waals surface area contributed by atoms with E-state index in [1.807, 2.05) is 0 Å². The SMILES string of the molecule is CC(O)CN(C)C(=O)c1csc(CCN)n1. The van der Waals surface area contributed by atoms with Crippen LogP contribution in [-0.2, 0) is 6.42 Å². The van der Waals surface area contributed by atoms with Crippen LogP contribution in [0.1, 0.15) is 22.4 Å². The van der Waals surface area contributed by atoms with E-state index in [-0.39, 0.29) is 5.91 Å². The molecule has 3 N–H and O–H groups in total. The molecule has 1 aromatic rings. The zero-order chi connectivity index (χ0) is 12.1. The van der Waals surface area contributed by atoms with Gasteiger partial charge < -0.3 is 15.7 Å². The minimum atomic E-state index is -0.531. The zero-order valence-electron chi connectivity index (χ0n) is 9.51. The lowest BCUT2D eigenvalue weighted by Crippen LogP contribution is -2.33. The number of nitrogens with zero attached hydrogens (tertiary/aromatic N) is 2. The van der Waals surface area contributed by atoms with Crippen LogP contribution in [0.2, 0.25) is 0 Å². The highest BCUT2D eigenvalue weighted by Gasteiger charge is 2.16. The van der Waals surface area contributed by atoms with Gasteiger partial charge in [0.05, 0.1) is 11.1 Å². The Morgan fingerprint density at radius 1 is 1.75 bits per heavy atom. The third-order valence-corrected chi connectivity index (χ3v) is 2.92. The molecule has 6 heteroatoms. The van der Waals surface area contributed by atoms with Gasteiger partial charge in [0.2, 0.25) is 0 Å². The van der Waals surface area contributed by atoms with Crippen LogP contribution < -0.4 is 5.73 Å². The standard InChI is InChI=1S/C10H17N3O2S/c1-7(14)5-13(2)10(15)8-6-16-9(12-8)3-4-11/h6-7,14H,3-5,11H2,1-2H3. The Hall–Kier alpha value is -0.980. The second-order valence-corrected chi connectivity index (χ2v) is 4.64. The van der Waals surface area contributed by atoms with E-state index in [1.165, 1.54) is 16.2 Å². The van der Waals surface area contributed by atoms with Gasteiger partial charge in [-0.2, -0.15) is 0 Å². The van der Waals surface area contributed by atoms with Crippen LogP contribution >= 0.6 is 11.3 Å². The maximum atomic E-state index is 11.8. The molecule has 0 bridgehead atoms. The van der Waals surface area contributed by atoms with Gasteiger partial charge >= 0.3 is 0 Å². The molecule has 1 aromatic heterocycles. The number of hydrogen-bond acceptors (Lipinski definition) is 5. The lowest BCUT2D eigenvalue weighted by molar-refractivity contribution is 0.0699. The van der Waals surface area contributed by atoms with Crippen molar-refractivity contribution < 1.29 is 9.90 Å². The molecule has 90 valence electrons. The van der Waals surface area contributed by atoms with Crippen molar-refractivity contribution in [3.63, 3.8) is 0 Å². The maximum Gasteiger partial charge on any atom is 0.273 e. The first kappa shape index (κ1) is 13.1. The predicted octanol–water partition coefficient (Wildman–Crippen LogP) is 0.0971. The number of aliphatic hydroxyl groups is 1. The average molecular weight is 243 g/mol. The third kappa shape index (κ3) is 3.55. The van der Waals surface area contributed by atoms with Crippen molar-refractivity contribution in [2.75, 3.05) is 20.1 Å². The Morgan fingerprint density at radius 2 is 2.44 bits per heavy atom. The number of rotatable bonds is 5. The molecule has 5 nitrogen and oxygen atoms in total. The summed E-state index contributed by atoms with van der Waals surface area (Å²) in [6.07, 6.45) is 0.161. The minimum absolute atomic E-state index is 0.166. The summed E-state index contributed by atoms with van der Waals surface area (Å²) in [5.74, 6) is -0.166. The van der Waals surface area contributed by atoms with Gasteiger partial charge in [0.15, 0.2) is 0 Å². The summed E-state index contributed by atoms with van der Waals surface area (Å²) in [6, 6.07) is 0. The van der Waals surface area contributed by atoms with Gasteiger partial charge in [-0.3, -0.25) is 4.79 Å². The molecule has 0 fully saturated rings. The second-order valence-electron chi connectivity index (χ2n) is 3.70. The van der Waals surface area contributed by atoms with Crippen LogP contribution in [0.4, 0.5) is 0 Å². The quantitative estimate of drug-likeness (QED) is 0.768. The number of hydrogen-bond donors (Lipinski definition) is 2. The van der Waals surface area contributed by atoms with Gasteiger partial charge in [-0.15, -0.1) is 11.3 Å². The fraction of sp³-hybridized carbons (Fsp3) is 0.600. The van der Waals surface area contributed by atoms with E-state index < -0.39 is 6.10 Å². The van der Waals surface area contributed by atoms with E-state index >= 15 is 0 Å². The van der Waals surface area contributed by atoms with Crippen LogP contribution in [0.3, 0.4) is 0 Å². The lowest BCUT2D eigenvalue weighted by atomic mass is 10.3. The van der Waals surface area contributed by atoms with E-state index in [0.29, 0.717) is 25.2 Å². The average Bonchev–Trinajstić information content (AvgIpc) is 2.64. The first-order valence-electron chi connectivity index (χ1n) is 5.12. The molecule has 0 aliphatic carbocycles. The van der Waals surface area contributed by atoms with Gasteiger partial charge in [-0.05, 0) is 13.5 Å². The summed E-state index contributed by atoms with van der Waals surface area (Å²) >= 11 is 1.44. The van der Waals surface area contributed by atoms with Gasteiger partial charge in [0.25, 0.3) is 5.91 Å². The molecule has 16 heavy (non-hydrogen) atoms. The van der Waals surface area contributed by atoms with Crippen LogP contribution in [0, 0.1) is 0 Å². The Kier molecular flexibility index (Phi) is 4.85. The smallest absolute Gasteiger partial charge is 0.273 e. The number of aromatic nitrogens is 1. The number of carbonyl (C=O) groups excluding carboxylic acids is 1. The Labute approximate surface area is 98.9 Å². The molecule has 0 saturated heterocycles. The molecule has 0 aromatic carbocycles. The van der Waals surface area contributed by atoms with Crippen molar-refractivity contribution in [2.45, 2.75) is 19.4 Å². The normalized spacial score (nSPS) is 12.5. The first-order valence-corrected chi connectivity index (χ1v) is 6.00. The number of likely N-dealkylation sites (N-methyl/N-ethyl adjacent to an activating group) is 1. The Balaban J connectivity index is 2.64. The van der Waals surface area contributed by atoms with Crippen LogP contribution in [-0.4, -0.2) is 47.1 Å². The summed E-state index contributed by atoms with van der Waals surface area (Å²) in [5.41, 5.74) is 5.84. The second kappa shape index (κ2) is 5.93. The summed E-state index contributed by atoms with van der Waals surface area (Å²) in [5, 5.41) is 11.8. The van der Waals surface area contributed by atoms with Crippen molar-refractivity contribution in [1.82, 2.24) is 9.88 Å². The van der Waals surface area contributed by atoms with Crippen molar-refractivity contribution >= 4 is 17.2 Å². The van der Waals surface area contributed by atoms with Crippen molar-refractivity contribution in [1.29, 1.82) is 0 Å². The van der Waals surface area contributed by atoms with E-state index in [4.69, 9.17) is 5.73 Å². The third-order valence-electron chi connectivity index (χ3n) is 2.01. The molecule has 0 saturated carbocycles. The number of nitrogens with two attached hydrogens (primary N) is 1. The number of carbonyl (C=O) groups is 1. The van der Waals surface area contributed by atoms with E-state index in [2.05, 4.69) is 4.98 Å². The maximum absolute atomic E-state index is 11.8. The predicted molar refractivity (Wildman–Crippen MR) is 63.5 cm³/mol. The molecule has 0 aliphatic heterocycles. The Bertz CT molecular complexity index is 352. The van der Waals surface area contributed by atoms with Crippen molar-refractivity contribution in [3.05, 3.63) is 16.1 Å². The van der Waals surface area contributed by atoms with Crippen LogP contribution in [0.15, 0.2) is 5.38 Å². The zero-order valence-corrected chi connectivity index (χ0v) is 10.3. The topological polar surface area (TPSA) is 79.5 Å². The molecule has 1 amide bonds. The fourth-order valence-corrected chi connectivity index (χ4v) is 2.11. The van der Waals surface area contributed by atoms with Gasteiger partial charge in [0, 0.05) is 25.4 Å². The fourth-order valence-electron chi connectivity index (χ4n) is 1.32. The number of amides is 1. The number of thiazole rings is 1. The van der Waals surface area contributed by atoms with E-state index in [1.54, 1.807) is 19.4 Å². The first-order chi connectivity index (χ1) is 7.54. The highest BCUT2D eigenvalue weighted by atomic mass is 32.1. The van der Waals surface area contributed by atoms with Crippen molar-refractivity contribution in [2.24, 2.45) is 5.73 Å². The highest BCUT2D eigenvalue weighted by molar-refractivity contribution is 7.09. The minimum Gasteiger partial charge on any atom is -0.392 e. The van der Waals surface area contributed by atoms with Crippen molar-refractivity contribution in [3.8, 4) is 0 Å². The molecule has 0 aliphatic rings. The molecule has 0 radical (unpaired) electrons. The molecule has 1 rings (SSSR count). The molecular formula is C10H17N3O2S. The lowest BCUT2D eigenvalue weighted by Gasteiger charge is -2.17. The molecular weight excluding hydrogens is 226 g/mol. The van der Waals surface area contributed by atoms with Gasteiger partial charge in [-0.25, -0.2) is 4.98 Å². The molecule has 1 unspecified atom stereocenters. The summed E-state index contributed by atoms with van der Waals surface area (Å²) in [7, 11) is 1.65. The van der Waals surface area contributed by atoms with Gasteiger partial charge in [-0.1, -0.05) is 0 Å². The summed E-state index contributed by atoms with van der Waals surface area (Å²) < 4.78 is 0. The largest absolute Gasteiger partial charge is 0.392 e. The van der Waals surface area contributed by atoms with Crippen LogP contribution in [0.5, 0.6) is 0 Å². The molecule has 1 atom stereocenters. The monoisotopic (exact) mass is 243 g/mol. The van der Waals surface area contributed by atoms with E-state index in [0.717, 1.165) is 5.01 Å². The summed E-state index contributed by atoms with van der Waals surface area (Å²) in [4.78, 5) is 17.5. The van der Waals surface area contributed by atoms with E-state index in [9.17, 15) is 9.90 Å². The van der Waals surface area contributed by atoms with Crippen LogP contribution in [0.25, 0.3) is 0 Å².